The van der Waals surface area contributed by atoms with Crippen LogP contribution in [0.4, 0.5) is 5.82 Å². The number of piperidine rings is 1. The fraction of sp³-hybridized carbons (Fsp3) is 0.600. The molecule has 20 heavy (non-hydrogen) atoms. The third-order valence-corrected chi connectivity index (χ3v) is 4.27. The van der Waals surface area contributed by atoms with E-state index < -0.39 is 5.97 Å². The third kappa shape index (κ3) is 2.38. The van der Waals surface area contributed by atoms with Crippen molar-refractivity contribution < 1.29 is 14.6 Å². The first kappa shape index (κ1) is 13.4. The summed E-state index contributed by atoms with van der Waals surface area (Å²) >= 11 is 0. The lowest BCUT2D eigenvalue weighted by Gasteiger charge is -2.33. The average Bonchev–Trinajstić information content (AvgIpc) is 2.93. The van der Waals surface area contributed by atoms with E-state index in [4.69, 9.17) is 4.74 Å². The van der Waals surface area contributed by atoms with Crippen LogP contribution in [0, 0.1) is 0 Å². The summed E-state index contributed by atoms with van der Waals surface area (Å²) in [7, 11) is 1.71. The van der Waals surface area contributed by atoms with Gasteiger partial charge in [0.05, 0.1) is 6.10 Å². The topological polar surface area (TPSA) is 62.7 Å². The fourth-order valence-corrected chi connectivity index (χ4v) is 3.18. The lowest BCUT2D eigenvalue weighted by Crippen LogP contribution is -2.40. The van der Waals surface area contributed by atoms with E-state index in [9.17, 15) is 9.90 Å². The molecule has 2 aliphatic rings. The van der Waals surface area contributed by atoms with E-state index in [1.807, 2.05) is 6.07 Å². The second kappa shape index (κ2) is 5.40. The summed E-state index contributed by atoms with van der Waals surface area (Å²) in [5, 5.41) is 9.45. The number of hydrogen-bond acceptors (Lipinski definition) is 4. The highest BCUT2D eigenvalue weighted by molar-refractivity contribution is 5.93. The van der Waals surface area contributed by atoms with Crippen molar-refractivity contribution in [1.82, 2.24) is 4.98 Å². The van der Waals surface area contributed by atoms with Crippen LogP contribution >= 0.6 is 0 Å². The van der Waals surface area contributed by atoms with E-state index in [1.54, 1.807) is 7.11 Å². The Balaban J connectivity index is 1.97. The summed E-state index contributed by atoms with van der Waals surface area (Å²) in [4.78, 5) is 18.2. The van der Waals surface area contributed by atoms with Crippen molar-refractivity contribution in [2.24, 2.45) is 0 Å². The number of nitrogens with zero attached hydrogens (tertiary/aromatic N) is 2. The number of fused-ring (bicyclic) bond motifs is 1. The molecular formula is C15H20N2O3. The normalized spacial score (nSPS) is 21.9. The van der Waals surface area contributed by atoms with Gasteiger partial charge in [-0.2, -0.15) is 0 Å². The van der Waals surface area contributed by atoms with Crippen LogP contribution in [-0.2, 0) is 17.6 Å². The van der Waals surface area contributed by atoms with Crippen molar-refractivity contribution in [2.45, 2.75) is 38.2 Å². The van der Waals surface area contributed by atoms with Gasteiger partial charge in [-0.05, 0) is 43.7 Å². The number of hydrogen-bond donors (Lipinski definition) is 1. The average molecular weight is 276 g/mol. The van der Waals surface area contributed by atoms with Gasteiger partial charge < -0.3 is 14.7 Å². The highest BCUT2D eigenvalue weighted by Gasteiger charge is 2.27. The van der Waals surface area contributed by atoms with E-state index >= 15 is 0 Å². The van der Waals surface area contributed by atoms with E-state index in [0.29, 0.717) is 11.4 Å². The van der Waals surface area contributed by atoms with Gasteiger partial charge in [-0.1, -0.05) is 0 Å². The number of aromatic carboxylic acids is 1. The number of carbonyl (C=O) groups is 1. The Bertz CT molecular complexity index is 530. The summed E-state index contributed by atoms with van der Waals surface area (Å²) in [6, 6.07) is 1.82. The molecular weight excluding hydrogens is 256 g/mol. The number of pyridine rings is 1. The molecule has 0 radical (unpaired) electrons. The molecule has 0 spiro atoms. The second-order valence-corrected chi connectivity index (χ2v) is 5.57. The smallest absolute Gasteiger partial charge is 0.339 e. The van der Waals surface area contributed by atoms with E-state index in [2.05, 4.69) is 9.88 Å². The van der Waals surface area contributed by atoms with Gasteiger partial charge in [0.2, 0.25) is 0 Å². The standard InChI is InChI=1S/C15H20N2O3/c1-20-11-5-3-7-17(9-11)14-12(15(18)19)8-10-4-2-6-13(10)16-14/h8,11H,2-7,9H2,1H3,(H,18,19). The summed E-state index contributed by atoms with van der Waals surface area (Å²) in [5.74, 6) is -0.262. The number of aryl methyl sites for hydroxylation is 2. The summed E-state index contributed by atoms with van der Waals surface area (Å²) in [6.07, 6.45) is 5.19. The van der Waals surface area contributed by atoms with Crippen LogP contribution in [0.3, 0.4) is 0 Å². The molecule has 1 N–H and O–H groups in total. The maximum Gasteiger partial charge on any atom is 0.339 e. The van der Waals surface area contributed by atoms with E-state index in [-0.39, 0.29) is 6.10 Å². The minimum absolute atomic E-state index is 0.167. The molecule has 5 nitrogen and oxygen atoms in total. The molecule has 1 aliphatic carbocycles. The van der Waals surface area contributed by atoms with Crippen molar-refractivity contribution in [2.75, 3.05) is 25.1 Å². The molecule has 1 aliphatic heterocycles. The van der Waals surface area contributed by atoms with Crippen molar-refractivity contribution in [3.63, 3.8) is 0 Å². The van der Waals surface area contributed by atoms with Gasteiger partial charge in [-0.25, -0.2) is 9.78 Å². The van der Waals surface area contributed by atoms with Crippen molar-refractivity contribution in [3.8, 4) is 0 Å². The Hall–Kier alpha value is -1.62. The largest absolute Gasteiger partial charge is 0.478 e. The zero-order chi connectivity index (χ0) is 14.1. The number of rotatable bonds is 3. The van der Waals surface area contributed by atoms with Gasteiger partial charge in [-0.3, -0.25) is 0 Å². The number of carboxylic acids is 1. The van der Waals surface area contributed by atoms with E-state index in [0.717, 1.165) is 56.5 Å². The van der Waals surface area contributed by atoms with Crippen molar-refractivity contribution in [1.29, 1.82) is 0 Å². The Morgan fingerprint density at radius 1 is 1.45 bits per heavy atom. The third-order valence-electron chi connectivity index (χ3n) is 4.27. The highest BCUT2D eigenvalue weighted by atomic mass is 16.5. The molecule has 108 valence electrons. The van der Waals surface area contributed by atoms with Gasteiger partial charge in [0.25, 0.3) is 0 Å². The zero-order valence-corrected chi connectivity index (χ0v) is 11.8. The van der Waals surface area contributed by atoms with E-state index in [1.165, 1.54) is 0 Å². The Kier molecular flexibility index (Phi) is 3.61. The second-order valence-electron chi connectivity index (χ2n) is 5.57. The minimum atomic E-state index is -0.887. The van der Waals surface area contributed by atoms with Gasteiger partial charge in [0.15, 0.2) is 0 Å². The molecule has 1 atom stereocenters. The molecule has 1 fully saturated rings. The van der Waals surface area contributed by atoms with Crippen LogP contribution in [0.25, 0.3) is 0 Å². The Morgan fingerprint density at radius 2 is 2.30 bits per heavy atom. The van der Waals surface area contributed by atoms with Gasteiger partial charge in [-0.15, -0.1) is 0 Å². The molecule has 0 saturated carbocycles. The molecule has 1 aromatic rings. The molecule has 0 bridgehead atoms. The fourth-order valence-electron chi connectivity index (χ4n) is 3.18. The van der Waals surface area contributed by atoms with Crippen LogP contribution in [0.5, 0.6) is 0 Å². The molecule has 1 saturated heterocycles. The minimum Gasteiger partial charge on any atom is -0.478 e. The molecule has 0 amide bonds. The molecule has 2 heterocycles. The first-order valence-electron chi connectivity index (χ1n) is 7.23. The SMILES string of the molecule is COC1CCCN(c2nc3c(cc2C(=O)O)CCC3)C1. The Labute approximate surface area is 118 Å². The van der Waals surface area contributed by atoms with Crippen LogP contribution in [-0.4, -0.2) is 42.4 Å². The highest BCUT2D eigenvalue weighted by Crippen LogP contribution is 2.29. The summed E-state index contributed by atoms with van der Waals surface area (Å²) in [6.45, 7) is 1.58. The maximum atomic E-state index is 11.5. The van der Waals surface area contributed by atoms with Crippen LogP contribution in [0.15, 0.2) is 6.07 Å². The van der Waals surface area contributed by atoms with Crippen LogP contribution in [0.1, 0.15) is 40.9 Å². The molecule has 0 aromatic carbocycles. The lowest BCUT2D eigenvalue weighted by atomic mass is 10.1. The molecule has 1 aromatic heterocycles. The summed E-state index contributed by atoms with van der Waals surface area (Å²) in [5.41, 5.74) is 2.51. The number of aromatic nitrogens is 1. The first-order chi connectivity index (χ1) is 9.69. The molecule has 5 heteroatoms. The monoisotopic (exact) mass is 276 g/mol. The number of anilines is 1. The Morgan fingerprint density at radius 3 is 3.05 bits per heavy atom. The van der Waals surface area contributed by atoms with Gasteiger partial charge in [0.1, 0.15) is 11.4 Å². The number of methoxy groups -OCH3 is 1. The predicted molar refractivity (Wildman–Crippen MR) is 75.5 cm³/mol. The number of carboxylic acid groups (broad SMARTS) is 1. The van der Waals surface area contributed by atoms with Gasteiger partial charge >= 0.3 is 5.97 Å². The van der Waals surface area contributed by atoms with Crippen molar-refractivity contribution >= 4 is 11.8 Å². The van der Waals surface area contributed by atoms with Crippen LogP contribution in [0.2, 0.25) is 0 Å². The maximum absolute atomic E-state index is 11.5. The first-order valence-corrected chi connectivity index (χ1v) is 7.23. The zero-order valence-electron chi connectivity index (χ0n) is 11.8. The van der Waals surface area contributed by atoms with Crippen LogP contribution < -0.4 is 4.90 Å². The van der Waals surface area contributed by atoms with Crippen molar-refractivity contribution in [3.05, 3.63) is 22.9 Å². The quantitative estimate of drug-likeness (QED) is 0.913. The molecule has 1 unspecified atom stereocenters. The number of ether oxygens (including phenoxy) is 1. The van der Waals surface area contributed by atoms with Gasteiger partial charge in [0, 0.05) is 25.9 Å². The summed E-state index contributed by atoms with van der Waals surface area (Å²) < 4.78 is 5.42. The predicted octanol–water partition coefficient (Wildman–Crippen LogP) is 1.88. The lowest BCUT2D eigenvalue weighted by molar-refractivity contribution is 0.0694. The molecule has 3 rings (SSSR count).